The van der Waals surface area contributed by atoms with E-state index in [2.05, 4.69) is 5.32 Å². The van der Waals surface area contributed by atoms with E-state index in [0.717, 1.165) is 5.56 Å². The number of amides is 1. The van der Waals surface area contributed by atoms with Gasteiger partial charge in [-0.05, 0) is 19.1 Å². The first-order valence-electron chi connectivity index (χ1n) is 8.52. The van der Waals surface area contributed by atoms with Crippen molar-refractivity contribution >= 4 is 23.1 Å². The van der Waals surface area contributed by atoms with Gasteiger partial charge in [0.1, 0.15) is 11.3 Å². The molecule has 27 heavy (non-hydrogen) atoms. The van der Waals surface area contributed by atoms with Crippen molar-refractivity contribution in [2.75, 3.05) is 5.32 Å². The molecular formula is C23H19NO3. The number of ketones is 1. The highest BCUT2D eigenvalue weighted by atomic mass is 16.3. The first kappa shape index (κ1) is 18.1. The minimum atomic E-state index is -0.658. The second kappa shape index (κ2) is 8.15. The summed E-state index contributed by atoms with van der Waals surface area (Å²) in [6.07, 6.45) is 0. The number of aliphatic hydroxyl groups excluding tert-OH is 1. The van der Waals surface area contributed by atoms with Crippen LogP contribution >= 0.6 is 0 Å². The lowest BCUT2D eigenvalue weighted by Gasteiger charge is -2.12. The molecule has 0 bridgehead atoms. The molecule has 134 valence electrons. The number of carbonyl (C=O) groups is 2. The number of carbonyl (C=O) groups excluding carboxylic acids is 2. The van der Waals surface area contributed by atoms with Crippen molar-refractivity contribution in [3.8, 4) is 0 Å². The molecule has 2 N–H and O–H groups in total. The lowest BCUT2D eigenvalue weighted by molar-refractivity contribution is -0.112. The smallest absolute Gasteiger partial charge is 0.263 e. The molecule has 0 aliphatic rings. The Balaban J connectivity index is 2.03. The van der Waals surface area contributed by atoms with Gasteiger partial charge in [0, 0.05) is 16.8 Å². The van der Waals surface area contributed by atoms with E-state index in [0.29, 0.717) is 16.8 Å². The van der Waals surface area contributed by atoms with Crippen molar-refractivity contribution in [3.05, 3.63) is 107 Å². The molecule has 0 heterocycles. The molecule has 0 aliphatic heterocycles. The zero-order chi connectivity index (χ0) is 19.2. The maximum atomic E-state index is 13.0. The number of rotatable bonds is 5. The van der Waals surface area contributed by atoms with E-state index >= 15 is 0 Å². The number of hydrogen-bond acceptors (Lipinski definition) is 3. The summed E-state index contributed by atoms with van der Waals surface area (Å²) in [5.41, 5.74) is 2.03. The van der Waals surface area contributed by atoms with E-state index in [9.17, 15) is 14.7 Å². The van der Waals surface area contributed by atoms with Crippen molar-refractivity contribution < 1.29 is 14.7 Å². The van der Waals surface area contributed by atoms with Gasteiger partial charge in [0.2, 0.25) is 5.78 Å². The van der Waals surface area contributed by atoms with Crippen molar-refractivity contribution in [1.82, 2.24) is 0 Å². The largest absolute Gasteiger partial charge is 0.506 e. The Morgan fingerprint density at radius 3 is 1.81 bits per heavy atom. The number of hydrogen-bond donors (Lipinski definition) is 2. The van der Waals surface area contributed by atoms with Gasteiger partial charge < -0.3 is 10.4 Å². The van der Waals surface area contributed by atoms with Crippen LogP contribution in [0.3, 0.4) is 0 Å². The fraction of sp³-hybridized carbons (Fsp3) is 0.0435. The summed E-state index contributed by atoms with van der Waals surface area (Å²) in [5.74, 6) is -1.55. The van der Waals surface area contributed by atoms with Gasteiger partial charge in [0.25, 0.3) is 5.91 Å². The standard InChI is InChI=1S/C23H19NO3/c1-16-12-14-19(15-13-16)24-23(27)20(21(25)17-8-4-2-5-9-17)22(26)18-10-6-3-7-11-18/h2-15,25H,1H3,(H,24,27)/b21-20-. The summed E-state index contributed by atoms with van der Waals surface area (Å²) in [6.45, 7) is 1.94. The van der Waals surface area contributed by atoms with Crippen LogP contribution in [-0.4, -0.2) is 16.8 Å². The number of anilines is 1. The van der Waals surface area contributed by atoms with Gasteiger partial charge in [0.05, 0.1) is 0 Å². The molecular weight excluding hydrogens is 338 g/mol. The molecule has 0 spiro atoms. The quantitative estimate of drug-likeness (QED) is 0.227. The second-order valence-electron chi connectivity index (χ2n) is 6.10. The van der Waals surface area contributed by atoms with E-state index in [4.69, 9.17) is 0 Å². The number of benzene rings is 3. The third-order valence-corrected chi connectivity index (χ3v) is 4.08. The third kappa shape index (κ3) is 4.30. The van der Waals surface area contributed by atoms with Crippen LogP contribution in [-0.2, 0) is 4.79 Å². The summed E-state index contributed by atoms with van der Waals surface area (Å²) in [7, 11) is 0. The highest BCUT2D eigenvalue weighted by Gasteiger charge is 2.25. The van der Waals surface area contributed by atoms with Crippen molar-refractivity contribution in [2.45, 2.75) is 6.92 Å². The Labute approximate surface area is 157 Å². The van der Waals surface area contributed by atoms with E-state index in [-0.39, 0.29) is 11.3 Å². The van der Waals surface area contributed by atoms with Crippen molar-refractivity contribution in [2.24, 2.45) is 0 Å². The van der Waals surface area contributed by atoms with E-state index < -0.39 is 11.7 Å². The first-order chi connectivity index (χ1) is 13.1. The summed E-state index contributed by atoms with van der Waals surface area (Å²) in [4.78, 5) is 25.8. The van der Waals surface area contributed by atoms with Gasteiger partial charge in [-0.1, -0.05) is 78.4 Å². The number of Topliss-reactive ketones (excluding diaryl/α,β-unsaturated/α-hetero) is 1. The van der Waals surface area contributed by atoms with Gasteiger partial charge >= 0.3 is 0 Å². The molecule has 0 fully saturated rings. The maximum absolute atomic E-state index is 13.0. The van der Waals surface area contributed by atoms with Crippen molar-refractivity contribution in [3.63, 3.8) is 0 Å². The van der Waals surface area contributed by atoms with Gasteiger partial charge in [-0.15, -0.1) is 0 Å². The molecule has 0 unspecified atom stereocenters. The summed E-state index contributed by atoms with van der Waals surface area (Å²) in [6, 6.07) is 24.2. The van der Waals surface area contributed by atoms with Crippen molar-refractivity contribution in [1.29, 1.82) is 0 Å². The molecule has 0 aromatic heterocycles. The summed E-state index contributed by atoms with van der Waals surface area (Å²) < 4.78 is 0. The van der Waals surface area contributed by atoms with E-state index in [1.165, 1.54) is 0 Å². The highest BCUT2D eigenvalue weighted by molar-refractivity contribution is 6.32. The van der Waals surface area contributed by atoms with Crippen LogP contribution < -0.4 is 5.32 Å². The van der Waals surface area contributed by atoms with Gasteiger partial charge in [-0.3, -0.25) is 9.59 Å². The number of aryl methyl sites for hydroxylation is 1. The fourth-order valence-corrected chi connectivity index (χ4v) is 2.62. The average Bonchev–Trinajstić information content (AvgIpc) is 2.71. The van der Waals surface area contributed by atoms with Crippen LogP contribution in [0.15, 0.2) is 90.5 Å². The van der Waals surface area contributed by atoms with Crippen LogP contribution in [0.4, 0.5) is 5.69 Å². The minimum Gasteiger partial charge on any atom is -0.506 e. The third-order valence-electron chi connectivity index (χ3n) is 4.08. The zero-order valence-corrected chi connectivity index (χ0v) is 14.8. The SMILES string of the molecule is Cc1ccc(NC(=O)/C(C(=O)c2ccccc2)=C(\O)c2ccccc2)cc1. The molecule has 0 atom stereocenters. The summed E-state index contributed by atoms with van der Waals surface area (Å²) >= 11 is 0. The Morgan fingerprint density at radius 2 is 1.26 bits per heavy atom. The van der Waals surface area contributed by atoms with Crippen LogP contribution in [0.5, 0.6) is 0 Å². The van der Waals surface area contributed by atoms with Crippen LogP contribution in [0, 0.1) is 6.92 Å². The Morgan fingerprint density at radius 1 is 0.741 bits per heavy atom. The number of nitrogens with one attached hydrogen (secondary N) is 1. The lowest BCUT2D eigenvalue weighted by atomic mass is 9.98. The first-order valence-corrected chi connectivity index (χ1v) is 8.52. The average molecular weight is 357 g/mol. The molecule has 0 saturated heterocycles. The normalized spacial score (nSPS) is 11.4. The molecule has 3 aromatic rings. The lowest BCUT2D eigenvalue weighted by Crippen LogP contribution is -2.22. The monoisotopic (exact) mass is 357 g/mol. The minimum absolute atomic E-state index is 0.298. The summed E-state index contributed by atoms with van der Waals surface area (Å²) in [5, 5.41) is 13.4. The molecule has 0 aliphatic carbocycles. The number of aliphatic hydroxyl groups is 1. The molecule has 0 radical (unpaired) electrons. The molecule has 0 saturated carbocycles. The second-order valence-corrected chi connectivity index (χ2v) is 6.10. The van der Waals surface area contributed by atoms with Crippen LogP contribution in [0.1, 0.15) is 21.5 Å². The predicted octanol–water partition coefficient (Wildman–Crippen LogP) is 4.79. The molecule has 4 nitrogen and oxygen atoms in total. The zero-order valence-electron chi connectivity index (χ0n) is 14.8. The Bertz CT molecular complexity index is 975. The topological polar surface area (TPSA) is 66.4 Å². The van der Waals surface area contributed by atoms with Crippen LogP contribution in [0.25, 0.3) is 5.76 Å². The molecule has 3 rings (SSSR count). The highest BCUT2D eigenvalue weighted by Crippen LogP contribution is 2.21. The van der Waals surface area contributed by atoms with E-state index in [1.807, 2.05) is 19.1 Å². The Kier molecular flexibility index (Phi) is 5.47. The predicted molar refractivity (Wildman–Crippen MR) is 107 cm³/mol. The van der Waals surface area contributed by atoms with Crippen LogP contribution in [0.2, 0.25) is 0 Å². The molecule has 3 aromatic carbocycles. The Hall–Kier alpha value is -3.66. The van der Waals surface area contributed by atoms with Gasteiger partial charge in [0.15, 0.2) is 0 Å². The molecule has 1 amide bonds. The van der Waals surface area contributed by atoms with Gasteiger partial charge in [-0.25, -0.2) is 0 Å². The maximum Gasteiger partial charge on any atom is 0.263 e. The van der Waals surface area contributed by atoms with E-state index in [1.54, 1.807) is 72.8 Å². The molecule has 4 heteroatoms. The fourth-order valence-electron chi connectivity index (χ4n) is 2.62. The van der Waals surface area contributed by atoms with Gasteiger partial charge in [-0.2, -0.15) is 0 Å².